The predicted molar refractivity (Wildman–Crippen MR) is 119 cm³/mol. The van der Waals surface area contributed by atoms with Crippen LogP contribution in [0.25, 0.3) is 0 Å². The number of carbonyl (C=O) groups is 1. The van der Waals surface area contributed by atoms with Crippen molar-refractivity contribution in [3.05, 3.63) is 35.4 Å². The first kappa shape index (κ1) is 22.5. The Kier molecular flexibility index (Phi) is 6.87. The first-order chi connectivity index (χ1) is 13.6. The van der Waals surface area contributed by atoms with Gasteiger partial charge >= 0.3 is 0 Å². The fourth-order valence-electron chi connectivity index (χ4n) is 5.21. The van der Waals surface area contributed by atoms with E-state index in [0.717, 1.165) is 51.3 Å². The molecule has 2 atom stereocenters. The number of aliphatic hydroxyl groups excluding tert-OH is 1. The van der Waals surface area contributed by atoms with Gasteiger partial charge in [0.05, 0.1) is 6.61 Å². The summed E-state index contributed by atoms with van der Waals surface area (Å²) in [6.07, 6.45) is 1.49. The Bertz CT molecular complexity index is 692. The van der Waals surface area contributed by atoms with Crippen molar-refractivity contribution >= 4 is 5.78 Å². The lowest BCUT2D eigenvalue weighted by Crippen LogP contribution is -2.38. The Morgan fingerprint density at radius 3 is 2.31 bits per heavy atom. The van der Waals surface area contributed by atoms with Crippen LogP contribution in [0.5, 0.6) is 0 Å². The van der Waals surface area contributed by atoms with Crippen molar-refractivity contribution in [3.8, 4) is 0 Å². The number of Topliss-reactive ketones (excluding diaryl/α,β-unsaturated/α-hetero) is 1. The molecule has 2 aliphatic rings. The predicted octanol–water partition coefficient (Wildman–Crippen LogP) is 3.83. The molecule has 1 aromatic carbocycles. The number of nitrogens with zero attached hydrogens (tertiary/aromatic N) is 2. The molecular weight excluding hydrogens is 360 g/mol. The highest BCUT2D eigenvalue weighted by molar-refractivity contribution is 5.96. The SMILES string of the molecule is CC(C)CN1CC2CN(CCCC(=O)c3ccc(C(C)(C)C)cc3)CC2(CO)C1. The standard InChI is InChI=1S/C25H40N2O2/c1-19(2)13-27-15-22-14-26(16-25(22,17-27)18-28)12-6-7-23(29)20-8-10-21(11-9-20)24(3,4)5/h8-11,19,22,28H,6-7,12-18H2,1-5H3. The summed E-state index contributed by atoms with van der Waals surface area (Å²) in [6.45, 7) is 17.6. The largest absolute Gasteiger partial charge is 0.396 e. The van der Waals surface area contributed by atoms with E-state index in [1.165, 1.54) is 5.56 Å². The number of aliphatic hydroxyl groups is 1. The van der Waals surface area contributed by atoms with Gasteiger partial charge < -0.3 is 14.9 Å². The number of likely N-dealkylation sites (tertiary alicyclic amines) is 2. The van der Waals surface area contributed by atoms with E-state index in [-0.39, 0.29) is 23.2 Å². The van der Waals surface area contributed by atoms with Crippen LogP contribution in [0.1, 0.15) is 63.4 Å². The second-order valence-electron chi connectivity index (χ2n) is 10.9. The minimum Gasteiger partial charge on any atom is -0.396 e. The summed E-state index contributed by atoms with van der Waals surface area (Å²) >= 11 is 0. The fourth-order valence-corrected chi connectivity index (χ4v) is 5.21. The molecule has 1 aromatic rings. The summed E-state index contributed by atoms with van der Waals surface area (Å²) < 4.78 is 0. The maximum Gasteiger partial charge on any atom is 0.162 e. The minimum absolute atomic E-state index is 0.0433. The molecule has 2 fully saturated rings. The van der Waals surface area contributed by atoms with Gasteiger partial charge in [-0.25, -0.2) is 0 Å². The van der Waals surface area contributed by atoms with Gasteiger partial charge in [-0.15, -0.1) is 0 Å². The van der Waals surface area contributed by atoms with Crippen molar-refractivity contribution in [2.45, 2.75) is 52.9 Å². The van der Waals surface area contributed by atoms with Crippen molar-refractivity contribution in [1.29, 1.82) is 0 Å². The van der Waals surface area contributed by atoms with Gasteiger partial charge in [0.25, 0.3) is 0 Å². The molecule has 0 spiro atoms. The number of ketones is 1. The minimum atomic E-state index is 0.0433. The summed E-state index contributed by atoms with van der Waals surface area (Å²) in [4.78, 5) is 17.6. The molecule has 162 valence electrons. The number of rotatable bonds is 8. The van der Waals surface area contributed by atoms with Crippen LogP contribution in [0.3, 0.4) is 0 Å². The average molecular weight is 401 g/mol. The Balaban J connectivity index is 1.46. The lowest BCUT2D eigenvalue weighted by Gasteiger charge is -2.28. The van der Waals surface area contributed by atoms with E-state index in [1.807, 2.05) is 12.1 Å². The molecule has 29 heavy (non-hydrogen) atoms. The second kappa shape index (κ2) is 8.87. The van der Waals surface area contributed by atoms with E-state index < -0.39 is 0 Å². The zero-order chi connectivity index (χ0) is 21.2. The van der Waals surface area contributed by atoms with Gasteiger partial charge in [0.2, 0.25) is 0 Å². The van der Waals surface area contributed by atoms with Crippen LogP contribution < -0.4 is 0 Å². The summed E-state index contributed by atoms with van der Waals surface area (Å²) in [5, 5.41) is 10.1. The third-order valence-electron chi connectivity index (χ3n) is 6.79. The van der Waals surface area contributed by atoms with Crippen LogP contribution in [-0.2, 0) is 5.41 Å². The van der Waals surface area contributed by atoms with E-state index in [2.05, 4.69) is 56.6 Å². The molecule has 0 amide bonds. The monoisotopic (exact) mass is 400 g/mol. The zero-order valence-corrected chi connectivity index (χ0v) is 19.1. The molecule has 0 aromatic heterocycles. The summed E-state index contributed by atoms with van der Waals surface area (Å²) in [5.74, 6) is 1.47. The van der Waals surface area contributed by atoms with E-state index in [4.69, 9.17) is 0 Å². The summed E-state index contributed by atoms with van der Waals surface area (Å²) in [7, 11) is 0. The van der Waals surface area contributed by atoms with Crippen LogP contribution in [0.2, 0.25) is 0 Å². The third kappa shape index (κ3) is 5.28. The van der Waals surface area contributed by atoms with E-state index in [0.29, 0.717) is 18.3 Å². The number of fused-ring (bicyclic) bond motifs is 1. The maximum atomic E-state index is 12.6. The van der Waals surface area contributed by atoms with Crippen molar-refractivity contribution in [2.75, 3.05) is 45.9 Å². The first-order valence-corrected chi connectivity index (χ1v) is 11.3. The molecule has 0 saturated carbocycles. The Hall–Kier alpha value is -1.23. The third-order valence-corrected chi connectivity index (χ3v) is 6.79. The van der Waals surface area contributed by atoms with E-state index in [9.17, 15) is 9.90 Å². The second-order valence-corrected chi connectivity index (χ2v) is 10.9. The van der Waals surface area contributed by atoms with Gasteiger partial charge in [0, 0.05) is 50.1 Å². The van der Waals surface area contributed by atoms with Crippen LogP contribution in [-0.4, -0.2) is 66.6 Å². The molecule has 2 saturated heterocycles. The summed E-state index contributed by atoms with van der Waals surface area (Å²) in [6, 6.07) is 8.13. The average Bonchev–Trinajstić information content (AvgIpc) is 3.13. The van der Waals surface area contributed by atoms with Gasteiger partial charge in [-0.3, -0.25) is 4.79 Å². The number of carbonyl (C=O) groups excluding carboxylic acids is 1. The van der Waals surface area contributed by atoms with Crippen molar-refractivity contribution < 1.29 is 9.90 Å². The molecule has 4 nitrogen and oxygen atoms in total. The molecule has 2 heterocycles. The highest BCUT2D eigenvalue weighted by Gasteiger charge is 2.51. The van der Waals surface area contributed by atoms with Gasteiger partial charge in [-0.1, -0.05) is 58.9 Å². The molecule has 0 radical (unpaired) electrons. The normalized spacial score (nSPS) is 25.7. The van der Waals surface area contributed by atoms with Gasteiger partial charge in [-0.05, 0) is 35.8 Å². The van der Waals surface area contributed by atoms with Crippen molar-refractivity contribution in [3.63, 3.8) is 0 Å². The van der Waals surface area contributed by atoms with Gasteiger partial charge in [-0.2, -0.15) is 0 Å². The number of benzene rings is 1. The summed E-state index contributed by atoms with van der Waals surface area (Å²) in [5.41, 5.74) is 2.25. The first-order valence-electron chi connectivity index (χ1n) is 11.3. The molecule has 4 heteroatoms. The smallest absolute Gasteiger partial charge is 0.162 e. The van der Waals surface area contributed by atoms with Gasteiger partial charge in [0.15, 0.2) is 5.78 Å². The van der Waals surface area contributed by atoms with Crippen molar-refractivity contribution in [2.24, 2.45) is 17.3 Å². The van der Waals surface area contributed by atoms with E-state index >= 15 is 0 Å². The van der Waals surface area contributed by atoms with Gasteiger partial charge in [0.1, 0.15) is 0 Å². The Morgan fingerprint density at radius 2 is 1.76 bits per heavy atom. The quantitative estimate of drug-likeness (QED) is 0.674. The molecule has 0 aliphatic carbocycles. The fraction of sp³-hybridized carbons (Fsp3) is 0.720. The molecule has 2 unspecified atom stereocenters. The van der Waals surface area contributed by atoms with Crippen LogP contribution >= 0.6 is 0 Å². The van der Waals surface area contributed by atoms with Crippen LogP contribution in [0, 0.1) is 17.3 Å². The highest BCUT2D eigenvalue weighted by Crippen LogP contribution is 2.42. The molecule has 1 N–H and O–H groups in total. The zero-order valence-electron chi connectivity index (χ0n) is 19.1. The van der Waals surface area contributed by atoms with Crippen LogP contribution in [0.15, 0.2) is 24.3 Å². The van der Waals surface area contributed by atoms with Crippen molar-refractivity contribution in [1.82, 2.24) is 9.80 Å². The highest BCUT2D eigenvalue weighted by atomic mass is 16.3. The van der Waals surface area contributed by atoms with E-state index in [1.54, 1.807) is 0 Å². The molecule has 0 bridgehead atoms. The van der Waals surface area contributed by atoms with Crippen LogP contribution in [0.4, 0.5) is 0 Å². The lowest BCUT2D eigenvalue weighted by molar-refractivity contribution is 0.0967. The topological polar surface area (TPSA) is 43.8 Å². The molecule has 3 rings (SSSR count). The molecular formula is C25H40N2O2. The molecule has 2 aliphatic heterocycles. The lowest BCUT2D eigenvalue weighted by atomic mass is 9.82. The Morgan fingerprint density at radius 1 is 1.14 bits per heavy atom. The maximum absolute atomic E-state index is 12.6. The number of hydrogen-bond donors (Lipinski definition) is 1. The number of hydrogen-bond acceptors (Lipinski definition) is 4. The Labute approximate surface area is 177 Å².